The molecule has 4 heterocycles. The molecule has 0 atom stereocenters. The zero-order valence-electron chi connectivity index (χ0n) is 22.8. The largest absolute Gasteiger partial charge is 0.458 e. The summed E-state index contributed by atoms with van der Waals surface area (Å²) in [7, 11) is 0. The average molecular weight is 585 g/mol. The molecule has 0 unspecified atom stereocenters. The molecule has 1 aromatic carbocycles. The normalized spacial score (nSPS) is 15.2. The van der Waals surface area contributed by atoms with Gasteiger partial charge in [-0.3, -0.25) is 14.6 Å². The van der Waals surface area contributed by atoms with Crippen LogP contribution in [0.4, 0.5) is 14.6 Å². The van der Waals surface area contributed by atoms with Gasteiger partial charge in [0.05, 0.1) is 17.8 Å². The van der Waals surface area contributed by atoms with Crippen molar-refractivity contribution in [1.82, 2.24) is 25.5 Å². The van der Waals surface area contributed by atoms with Gasteiger partial charge in [0, 0.05) is 53.7 Å². The van der Waals surface area contributed by atoms with Crippen molar-refractivity contribution in [2.24, 2.45) is 5.92 Å². The van der Waals surface area contributed by atoms with E-state index in [9.17, 15) is 18.4 Å². The number of benzene rings is 1. The zero-order valence-corrected chi connectivity index (χ0v) is 22.8. The van der Waals surface area contributed by atoms with Crippen LogP contribution in [0.2, 0.25) is 0 Å². The van der Waals surface area contributed by atoms with E-state index >= 15 is 0 Å². The Kier molecular flexibility index (Phi) is 7.49. The van der Waals surface area contributed by atoms with Crippen molar-refractivity contribution in [1.29, 1.82) is 0 Å². The fraction of sp³-hybridized carbons (Fsp3) is 0.226. The Hall–Kier alpha value is -5.26. The van der Waals surface area contributed by atoms with Gasteiger partial charge in [0.25, 0.3) is 5.89 Å². The number of carbonyl (C=O) groups excluding carboxylic acids is 2. The Morgan fingerprint density at radius 1 is 1.07 bits per heavy atom. The van der Waals surface area contributed by atoms with Gasteiger partial charge in [-0.25, -0.2) is 13.8 Å². The number of hydrogen-bond acceptors (Lipinski definition) is 9. The molecule has 1 aliphatic rings. The van der Waals surface area contributed by atoms with E-state index in [-0.39, 0.29) is 49.8 Å². The van der Waals surface area contributed by atoms with Gasteiger partial charge in [0.1, 0.15) is 17.2 Å². The fourth-order valence-electron chi connectivity index (χ4n) is 5.06. The van der Waals surface area contributed by atoms with Crippen LogP contribution in [-0.2, 0) is 11.3 Å². The zero-order chi connectivity index (χ0) is 30.0. The molecule has 1 fully saturated rings. The summed E-state index contributed by atoms with van der Waals surface area (Å²) in [6.07, 6.45) is 7.04. The Morgan fingerprint density at radius 2 is 1.91 bits per heavy atom. The first kappa shape index (κ1) is 27.9. The highest BCUT2D eigenvalue weighted by molar-refractivity contribution is 5.98. The van der Waals surface area contributed by atoms with Crippen molar-refractivity contribution in [3.05, 3.63) is 84.2 Å². The molecular formula is C31H26F2N6O4. The van der Waals surface area contributed by atoms with Crippen molar-refractivity contribution in [3.63, 3.8) is 0 Å². The Labute approximate surface area is 244 Å². The minimum Gasteiger partial charge on any atom is -0.458 e. The summed E-state index contributed by atoms with van der Waals surface area (Å²) in [6.45, 7) is 0.124. The number of furan rings is 1. The number of aromatic nitrogens is 4. The molecule has 43 heavy (non-hydrogen) atoms. The van der Waals surface area contributed by atoms with E-state index in [1.807, 2.05) is 6.07 Å². The fourth-order valence-corrected chi connectivity index (χ4v) is 5.06. The van der Waals surface area contributed by atoms with Crippen molar-refractivity contribution in [2.45, 2.75) is 38.2 Å². The van der Waals surface area contributed by atoms with Gasteiger partial charge in [-0.05, 0) is 66.9 Å². The Bertz CT molecular complexity index is 1790. The molecule has 12 heteroatoms. The smallest absolute Gasteiger partial charge is 0.251 e. The van der Waals surface area contributed by atoms with E-state index in [1.54, 1.807) is 48.7 Å². The summed E-state index contributed by atoms with van der Waals surface area (Å²) in [5.74, 6) is -2.49. The van der Waals surface area contributed by atoms with E-state index < -0.39 is 11.8 Å². The number of pyridine rings is 2. The summed E-state index contributed by atoms with van der Waals surface area (Å²) in [5.41, 5.74) is 9.00. The highest BCUT2D eigenvalue weighted by Crippen LogP contribution is 2.38. The Morgan fingerprint density at radius 3 is 2.60 bits per heavy atom. The van der Waals surface area contributed by atoms with Crippen LogP contribution < -0.4 is 11.1 Å². The van der Waals surface area contributed by atoms with Crippen molar-refractivity contribution >= 4 is 34.6 Å². The van der Waals surface area contributed by atoms with Gasteiger partial charge >= 0.3 is 0 Å². The molecule has 218 valence electrons. The maximum atomic E-state index is 13.5. The van der Waals surface area contributed by atoms with Crippen molar-refractivity contribution in [2.75, 3.05) is 5.73 Å². The van der Waals surface area contributed by atoms with Crippen molar-refractivity contribution in [3.8, 4) is 22.7 Å². The maximum absolute atomic E-state index is 13.5. The number of halogens is 2. The average Bonchev–Trinajstić information content (AvgIpc) is 3.69. The standard InChI is InChI=1S/C31H26F2N6O4/c32-31(33)9-7-19(8-10-31)28(41)20-3-4-25(35-15-20)21-11-22-12-23(43-29(22)24(13-21)30-39-38-17-42-30)16-37-27(40)6-2-18-1-5-26(34)36-14-18/h1-6,11-15,17,19H,7-10,16H2,(H2,34,36)(H,37,40)/b6-2+. The number of ketones is 1. The van der Waals surface area contributed by atoms with E-state index in [0.717, 1.165) is 5.56 Å². The van der Waals surface area contributed by atoms with E-state index in [4.69, 9.17) is 14.6 Å². The van der Waals surface area contributed by atoms with E-state index in [0.29, 0.717) is 44.9 Å². The third kappa shape index (κ3) is 6.32. The molecule has 6 rings (SSSR count). The van der Waals surface area contributed by atoms with Crippen molar-refractivity contribution < 1.29 is 27.2 Å². The van der Waals surface area contributed by atoms with Gasteiger partial charge in [0.2, 0.25) is 18.2 Å². The van der Waals surface area contributed by atoms with E-state index in [1.165, 1.54) is 18.7 Å². The molecule has 3 N–H and O–H groups in total. The van der Waals surface area contributed by atoms with Crippen LogP contribution in [0.5, 0.6) is 0 Å². The van der Waals surface area contributed by atoms with Gasteiger partial charge in [-0.15, -0.1) is 10.2 Å². The predicted octanol–water partition coefficient (Wildman–Crippen LogP) is 5.86. The molecule has 0 spiro atoms. The summed E-state index contributed by atoms with van der Waals surface area (Å²) in [5, 5.41) is 11.3. The summed E-state index contributed by atoms with van der Waals surface area (Å²) >= 11 is 0. The van der Waals surface area contributed by atoms with Gasteiger partial charge in [0.15, 0.2) is 5.78 Å². The molecule has 10 nitrogen and oxygen atoms in total. The lowest BCUT2D eigenvalue weighted by Crippen LogP contribution is -2.28. The second-order valence-electron chi connectivity index (χ2n) is 10.4. The number of rotatable bonds is 8. The third-order valence-corrected chi connectivity index (χ3v) is 7.36. The lowest BCUT2D eigenvalue weighted by Gasteiger charge is -2.27. The maximum Gasteiger partial charge on any atom is 0.251 e. The summed E-state index contributed by atoms with van der Waals surface area (Å²) < 4.78 is 38.6. The minimum atomic E-state index is -2.70. The molecule has 0 aliphatic heterocycles. The summed E-state index contributed by atoms with van der Waals surface area (Å²) in [4.78, 5) is 33.8. The van der Waals surface area contributed by atoms with E-state index in [2.05, 4.69) is 25.5 Å². The van der Waals surface area contributed by atoms with Crippen LogP contribution in [0, 0.1) is 5.92 Å². The molecule has 1 amide bonds. The van der Waals surface area contributed by atoms with Crippen LogP contribution in [0.3, 0.4) is 0 Å². The minimum absolute atomic E-state index is 0.124. The number of nitrogens with zero attached hydrogens (tertiary/aromatic N) is 4. The number of nitrogens with one attached hydrogen (secondary N) is 1. The Balaban J connectivity index is 1.21. The quantitative estimate of drug-likeness (QED) is 0.169. The monoisotopic (exact) mass is 584 g/mol. The van der Waals surface area contributed by atoms with Gasteiger partial charge in [-0.1, -0.05) is 0 Å². The van der Waals surface area contributed by atoms with Crippen LogP contribution in [0.1, 0.15) is 47.4 Å². The highest BCUT2D eigenvalue weighted by atomic mass is 19.3. The highest BCUT2D eigenvalue weighted by Gasteiger charge is 2.37. The first-order chi connectivity index (χ1) is 20.7. The predicted molar refractivity (Wildman–Crippen MR) is 154 cm³/mol. The number of anilines is 1. The number of nitrogen functional groups attached to an aromatic ring is 1. The van der Waals surface area contributed by atoms with Crippen LogP contribution >= 0.6 is 0 Å². The molecular weight excluding hydrogens is 558 g/mol. The third-order valence-electron chi connectivity index (χ3n) is 7.36. The molecule has 5 aromatic rings. The topological polar surface area (TPSA) is 150 Å². The van der Waals surface area contributed by atoms with Crippen LogP contribution in [-0.4, -0.2) is 37.8 Å². The number of carbonyl (C=O) groups is 2. The SMILES string of the molecule is Nc1ccc(/C=C/C(=O)NCc2cc3cc(-c4ccc(C(=O)C5CCC(F)(F)CC5)cn4)cc(-c4nnco4)c3o2)cn1. The first-order valence-corrected chi connectivity index (χ1v) is 13.6. The van der Waals surface area contributed by atoms with Crippen LogP contribution in [0.15, 0.2) is 76.2 Å². The van der Waals surface area contributed by atoms with Gasteiger partial charge < -0.3 is 19.9 Å². The number of Topliss-reactive ketones (excluding diaryl/α,β-unsaturated/α-hetero) is 1. The molecule has 0 bridgehead atoms. The number of amides is 1. The molecule has 1 aliphatic carbocycles. The molecule has 0 saturated heterocycles. The lowest BCUT2D eigenvalue weighted by molar-refractivity contribution is -0.116. The number of alkyl halides is 2. The molecule has 4 aromatic heterocycles. The second kappa shape index (κ2) is 11.6. The van der Waals surface area contributed by atoms with Crippen LogP contribution in [0.25, 0.3) is 39.8 Å². The summed E-state index contributed by atoms with van der Waals surface area (Å²) in [6, 6.07) is 12.2. The number of fused-ring (bicyclic) bond motifs is 1. The second-order valence-corrected chi connectivity index (χ2v) is 10.4. The lowest BCUT2D eigenvalue weighted by atomic mass is 9.82. The number of hydrogen-bond donors (Lipinski definition) is 2. The molecule has 1 saturated carbocycles. The van der Waals surface area contributed by atoms with Gasteiger partial charge in [-0.2, -0.15) is 0 Å². The first-order valence-electron chi connectivity index (χ1n) is 13.6. The number of nitrogens with two attached hydrogens (primary N) is 1. The molecule has 0 radical (unpaired) electrons.